The van der Waals surface area contributed by atoms with Crippen LogP contribution in [0.2, 0.25) is 0 Å². The smallest absolute Gasteiger partial charge is 0.264 e. The number of hydrogen-bond acceptors (Lipinski definition) is 4. The van der Waals surface area contributed by atoms with Crippen LogP contribution in [0.25, 0.3) is 0 Å². The van der Waals surface area contributed by atoms with Crippen molar-refractivity contribution in [2.24, 2.45) is 0 Å². The summed E-state index contributed by atoms with van der Waals surface area (Å²) in [4.78, 5) is 27.6. The van der Waals surface area contributed by atoms with E-state index in [9.17, 15) is 18.0 Å². The van der Waals surface area contributed by atoms with E-state index in [1.807, 2.05) is 31.2 Å². The second-order valence-electron chi connectivity index (χ2n) is 8.10. The fourth-order valence-electron chi connectivity index (χ4n) is 3.56. The summed E-state index contributed by atoms with van der Waals surface area (Å²) in [5, 5.41) is 2.57. The number of halogens is 1. The lowest BCUT2D eigenvalue weighted by Gasteiger charge is -2.31. The summed E-state index contributed by atoms with van der Waals surface area (Å²) in [7, 11) is -2.56. The highest BCUT2D eigenvalue weighted by Gasteiger charge is 2.32. The topological polar surface area (TPSA) is 86.8 Å². The van der Waals surface area contributed by atoms with Gasteiger partial charge in [0, 0.05) is 18.1 Å². The molecule has 3 rings (SSSR count). The van der Waals surface area contributed by atoms with Gasteiger partial charge in [-0.15, -0.1) is 0 Å². The van der Waals surface area contributed by atoms with Crippen molar-refractivity contribution >= 4 is 43.5 Å². The Morgan fingerprint density at radius 1 is 0.971 bits per heavy atom. The Bertz CT molecular complexity index is 1280. The van der Waals surface area contributed by atoms with Crippen LogP contribution < -0.4 is 9.62 Å². The van der Waals surface area contributed by atoms with E-state index in [2.05, 4.69) is 21.2 Å². The van der Waals surface area contributed by atoms with Gasteiger partial charge in [0.05, 0.1) is 10.6 Å². The molecule has 0 bridgehead atoms. The number of nitrogens with zero attached hydrogens (tertiary/aromatic N) is 2. The van der Waals surface area contributed by atoms with Gasteiger partial charge in [0.1, 0.15) is 12.6 Å². The molecule has 0 saturated carbocycles. The van der Waals surface area contributed by atoms with Crippen LogP contribution in [0.15, 0.2) is 88.2 Å². The van der Waals surface area contributed by atoms with Crippen LogP contribution >= 0.6 is 15.9 Å². The number of rotatable bonds is 9. The Morgan fingerprint density at radius 3 is 2.23 bits per heavy atom. The second-order valence-corrected chi connectivity index (χ2v) is 10.9. The number of amides is 2. The SMILES string of the molecule is CNC(=O)[C@H](C)N(Cc1ccc(C)cc1)C(=O)CN(c1cccc(Br)c1)S(=O)(=O)c1ccccc1. The molecule has 3 aromatic rings. The fourth-order valence-corrected chi connectivity index (χ4v) is 5.38. The van der Waals surface area contributed by atoms with Crippen LogP contribution in [0.5, 0.6) is 0 Å². The van der Waals surface area contributed by atoms with E-state index in [0.717, 1.165) is 15.4 Å². The first-order chi connectivity index (χ1) is 16.6. The number of sulfonamides is 1. The number of hydrogen-bond donors (Lipinski definition) is 1. The van der Waals surface area contributed by atoms with Crippen molar-refractivity contribution in [3.8, 4) is 0 Å². The molecule has 1 N–H and O–H groups in total. The summed E-state index contributed by atoms with van der Waals surface area (Å²) in [6.07, 6.45) is 0. The average molecular weight is 558 g/mol. The van der Waals surface area contributed by atoms with Crippen molar-refractivity contribution in [2.75, 3.05) is 17.9 Å². The minimum atomic E-state index is -4.07. The van der Waals surface area contributed by atoms with Crippen LogP contribution in [-0.4, -0.2) is 44.8 Å². The molecule has 1 atom stereocenters. The largest absolute Gasteiger partial charge is 0.357 e. The van der Waals surface area contributed by atoms with Gasteiger partial charge in [0.25, 0.3) is 10.0 Å². The van der Waals surface area contributed by atoms with Gasteiger partial charge in [0.15, 0.2) is 0 Å². The molecule has 0 aromatic heterocycles. The molecule has 7 nitrogen and oxygen atoms in total. The first-order valence-electron chi connectivity index (χ1n) is 11.0. The van der Waals surface area contributed by atoms with Gasteiger partial charge in [-0.2, -0.15) is 0 Å². The van der Waals surface area contributed by atoms with Gasteiger partial charge in [-0.1, -0.05) is 70.0 Å². The van der Waals surface area contributed by atoms with Gasteiger partial charge >= 0.3 is 0 Å². The lowest BCUT2D eigenvalue weighted by molar-refractivity contribution is -0.139. The number of likely N-dealkylation sites (N-methyl/N-ethyl adjacent to an activating group) is 1. The Labute approximate surface area is 214 Å². The van der Waals surface area contributed by atoms with Gasteiger partial charge in [-0.3, -0.25) is 13.9 Å². The molecule has 2 amide bonds. The maximum Gasteiger partial charge on any atom is 0.264 e. The van der Waals surface area contributed by atoms with Gasteiger partial charge < -0.3 is 10.2 Å². The van der Waals surface area contributed by atoms with Crippen LogP contribution in [0.1, 0.15) is 18.1 Å². The number of benzene rings is 3. The zero-order valence-electron chi connectivity index (χ0n) is 19.8. The molecule has 0 unspecified atom stereocenters. The molecule has 0 aliphatic heterocycles. The van der Waals surface area contributed by atoms with E-state index >= 15 is 0 Å². The number of carbonyl (C=O) groups is 2. The summed E-state index contributed by atoms with van der Waals surface area (Å²) in [6, 6.07) is 21.5. The molecule has 0 radical (unpaired) electrons. The molecular weight excluding hydrogens is 530 g/mol. The number of anilines is 1. The molecule has 35 heavy (non-hydrogen) atoms. The van der Waals surface area contributed by atoms with Crippen LogP contribution in [0, 0.1) is 6.92 Å². The van der Waals surface area contributed by atoms with Crippen molar-refractivity contribution in [3.05, 3.63) is 94.5 Å². The highest BCUT2D eigenvalue weighted by Crippen LogP contribution is 2.27. The predicted molar refractivity (Wildman–Crippen MR) is 140 cm³/mol. The summed E-state index contributed by atoms with van der Waals surface area (Å²) < 4.78 is 29.0. The Balaban J connectivity index is 2.01. The third kappa shape index (κ3) is 6.49. The normalized spacial score (nSPS) is 12.0. The molecule has 3 aromatic carbocycles. The van der Waals surface area contributed by atoms with Gasteiger partial charge in [0.2, 0.25) is 11.8 Å². The maximum absolute atomic E-state index is 13.7. The molecule has 0 aliphatic rings. The minimum Gasteiger partial charge on any atom is -0.357 e. The summed E-state index contributed by atoms with van der Waals surface area (Å²) in [5.41, 5.74) is 2.24. The third-order valence-electron chi connectivity index (χ3n) is 5.59. The molecule has 0 heterocycles. The highest BCUT2D eigenvalue weighted by atomic mass is 79.9. The predicted octanol–water partition coefficient (Wildman–Crippen LogP) is 4.12. The maximum atomic E-state index is 13.7. The zero-order chi connectivity index (χ0) is 25.6. The number of nitrogens with one attached hydrogen (secondary N) is 1. The molecule has 9 heteroatoms. The van der Waals surface area contributed by atoms with E-state index in [1.54, 1.807) is 49.4 Å². The summed E-state index contributed by atoms with van der Waals surface area (Å²) >= 11 is 3.38. The van der Waals surface area contributed by atoms with Gasteiger partial charge in [-0.05, 0) is 49.7 Å². The molecular formula is C26H28BrN3O4S. The van der Waals surface area contributed by atoms with Crippen molar-refractivity contribution in [1.82, 2.24) is 10.2 Å². The van der Waals surface area contributed by atoms with E-state index in [1.165, 1.54) is 24.1 Å². The first kappa shape index (κ1) is 26.4. The number of aryl methyl sites for hydroxylation is 1. The molecule has 0 fully saturated rings. The van der Waals surface area contributed by atoms with Crippen molar-refractivity contribution in [1.29, 1.82) is 0 Å². The lowest BCUT2D eigenvalue weighted by Crippen LogP contribution is -2.50. The zero-order valence-corrected chi connectivity index (χ0v) is 22.2. The quantitative estimate of drug-likeness (QED) is 0.428. The Kier molecular flexibility index (Phi) is 8.69. The van der Waals surface area contributed by atoms with Crippen LogP contribution in [-0.2, 0) is 26.2 Å². The highest BCUT2D eigenvalue weighted by molar-refractivity contribution is 9.10. The lowest BCUT2D eigenvalue weighted by atomic mass is 10.1. The van der Waals surface area contributed by atoms with Crippen molar-refractivity contribution in [2.45, 2.75) is 31.3 Å². The standard InChI is InChI=1S/C26H28BrN3O4S/c1-19-12-14-21(15-13-19)17-29(20(2)26(32)28-3)25(31)18-30(23-9-7-8-22(27)16-23)35(33,34)24-10-5-4-6-11-24/h4-16,20H,17-18H2,1-3H3,(H,28,32)/t20-/m0/s1. The summed E-state index contributed by atoms with van der Waals surface area (Å²) in [5.74, 6) is -0.841. The van der Waals surface area contributed by atoms with Gasteiger partial charge in [-0.25, -0.2) is 8.42 Å². The third-order valence-corrected chi connectivity index (χ3v) is 7.87. The van der Waals surface area contributed by atoms with Crippen LogP contribution in [0.3, 0.4) is 0 Å². The molecule has 0 saturated heterocycles. The monoisotopic (exact) mass is 557 g/mol. The van der Waals surface area contributed by atoms with E-state index in [4.69, 9.17) is 0 Å². The average Bonchev–Trinajstić information content (AvgIpc) is 2.86. The minimum absolute atomic E-state index is 0.0669. The van der Waals surface area contributed by atoms with Crippen molar-refractivity contribution in [3.63, 3.8) is 0 Å². The number of carbonyl (C=O) groups excluding carboxylic acids is 2. The van der Waals surface area contributed by atoms with Crippen molar-refractivity contribution < 1.29 is 18.0 Å². The Morgan fingerprint density at radius 2 is 1.63 bits per heavy atom. The Hall–Kier alpha value is -3.17. The van der Waals surface area contributed by atoms with E-state index in [0.29, 0.717) is 10.2 Å². The second kappa shape index (κ2) is 11.5. The molecule has 0 spiro atoms. The van der Waals surface area contributed by atoms with E-state index < -0.39 is 28.5 Å². The van der Waals surface area contributed by atoms with E-state index in [-0.39, 0.29) is 17.3 Å². The first-order valence-corrected chi connectivity index (χ1v) is 13.3. The fraction of sp³-hybridized carbons (Fsp3) is 0.231. The summed E-state index contributed by atoms with van der Waals surface area (Å²) in [6.45, 7) is 3.27. The molecule has 184 valence electrons. The molecule has 0 aliphatic carbocycles. The van der Waals surface area contributed by atoms with Crippen LogP contribution in [0.4, 0.5) is 5.69 Å².